The van der Waals surface area contributed by atoms with Crippen molar-refractivity contribution in [3.8, 4) is 0 Å². The highest BCUT2D eigenvalue weighted by atomic mass is 16.5. The minimum atomic E-state index is -0.273. The Morgan fingerprint density at radius 1 is 1.50 bits per heavy atom. The predicted octanol–water partition coefficient (Wildman–Crippen LogP) is 0.159. The van der Waals surface area contributed by atoms with Gasteiger partial charge in [-0.3, -0.25) is 4.79 Å². The Bertz CT molecular complexity index is 138. The summed E-state index contributed by atoms with van der Waals surface area (Å²) in [5.74, 6) is -0.0976. The summed E-state index contributed by atoms with van der Waals surface area (Å²) in [7, 11) is 2.97. The minimum absolute atomic E-state index is 0.175. The standard InChI is InChI=1S/C8H17NO3/c1-6(5-11-2)7(9)4-8(10)12-3/h6-7H,4-5,9H2,1-3H3. The summed E-state index contributed by atoms with van der Waals surface area (Å²) < 4.78 is 9.40. The van der Waals surface area contributed by atoms with Crippen molar-refractivity contribution >= 4 is 5.97 Å². The molecule has 0 heterocycles. The van der Waals surface area contributed by atoms with E-state index in [1.54, 1.807) is 7.11 Å². The molecule has 0 bridgehead atoms. The lowest BCUT2D eigenvalue weighted by atomic mass is 10.0. The van der Waals surface area contributed by atoms with Crippen molar-refractivity contribution < 1.29 is 14.3 Å². The molecule has 0 aliphatic carbocycles. The van der Waals surface area contributed by atoms with E-state index in [-0.39, 0.29) is 24.3 Å². The summed E-state index contributed by atoms with van der Waals surface area (Å²) in [5, 5.41) is 0. The maximum Gasteiger partial charge on any atom is 0.307 e. The van der Waals surface area contributed by atoms with Crippen LogP contribution in [-0.2, 0) is 14.3 Å². The molecule has 12 heavy (non-hydrogen) atoms. The molecule has 0 aromatic heterocycles. The molecular formula is C8H17NO3. The molecule has 0 fully saturated rings. The molecule has 0 radical (unpaired) electrons. The lowest BCUT2D eigenvalue weighted by Crippen LogP contribution is -2.33. The summed E-state index contributed by atoms with van der Waals surface area (Å²) >= 11 is 0. The third-order valence-corrected chi connectivity index (χ3v) is 1.79. The molecular weight excluding hydrogens is 158 g/mol. The van der Waals surface area contributed by atoms with Gasteiger partial charge < -0.3 is 15.2 Å². The maximum atomic E-state index is 10.8. The first-order valence-electron chi connectivity index (χ1n) is 3.93. The fraction of sp³-hybridized carbons (Fsp3) is 0.875. The van der Waals surface area contributed by atoms with Crippen molar-refractivity contribution in [3.63, 3.8) is 0 Å². The summed E-state index contributed by atoms with van der Waals surface area (Å²) in [4.78, 5) is 10.8. The first-order chi connectivity index (χ1) is 5.61. The predicted molar refractivity (Wildman–Crippen MR) is 45.6 cm³/mol. The fourth-order valence-electron chi connectivity index (χ4n) is 0.863. The maximum absolute atomic E-state index is 10.8. The van der Waals surface area contributed by atoms with Crippen LogP contribution < -0.4 is 5.73 Å². The molecule has 4 heteroatoms. The molecule has 0 aromatic carbocycles. The van der Waals surface area contributed by atoms with E-state index in [1.807, 2.05) is 6.92 Å². The average Bonchev–Trinajstić information content (AvgIpc) is 2.04. The first kappa shape index (κ1) is 11.4. The van der Waals surface area contributed by atoms with Crippen molar-refractivity contribution in [2.45, 2.75) is 19.4 Å². The molecule has 0 amide bonds. The van der Waals surface area contributed by atoms with Crippen LogP contribution in [0, 0.1) is 5.92 Å². The summed E-state index contributed by atoms with van der Waals surface area (Å²) in [5.41, 5.74) is 5.70. The Morgan fingerprint density at radius 2 is 2.08 bits per heavy atom. The van der Waals surface area contributed by atoms with Crippen molar-refractivity contribution in [3.05, 3.63) is 0 Å². The van der Waals surface area contributed by atoms with E-state index < -0.39 is 0 Å². The van der Waals surface area contributed by atoms with Gasteiger partial charge in [0.2, 0.25) is 0 Å². The topological polar surface area (TPSA) is 61.5 Å². The van der Waals surface area contributed by atoms with Gasteiger partial charge in [0, 0.05) is 13.2 Å². The Kier molecular flexibility index (Phi) is 5.66. The highest BCUT2D eigenvalue weighted by Crippen LogP contribution is 2.05. The van der Waals surface area contributed by atoms with Gasteiger partial charge >= 0.3 is 5.97 Å². The van der Waals surface area contributed by atoms with Crippen LogP contribution in [0.5, 0.6) is 0 Å². The summed E-state index contributed by atoms with van der Waals surface area (Å²) in [6.45, 7) is 2.51. The van der Waals surface area contributed by atoms with E-state index in [0.717, 1.165) is 0 Å². The average molecular weight is 175 g/mol. The second-order valence-electron chi connectivity index (χ2n) is 2.88. The van der Waals surface area contributed by atoms with Crippen molar-refractivity contribution in [2.75, 3.05) is 20.8 Å². The summed E-state index contributed by atoms with van der Waals surface area (Å²) in [6, 6.07) is -0.183. The molecule has 0 aromatic rings. The van der Waals surface area contributed by atoms with Gasteiger partial charge in [0.15, 0.2) is 0 Å². The molecule has 4 nitrogen and oxygen atoms in total. The van der Waals surface area contributed by atoms with E-state index in [0.29, 0.717) is 6.61 Å². The number of hydrogen-bond donors (Lipinski definition) is 1. The molecule has 0 saturated carbocycles. The number of hydrogen-bond acceptors (Lipinski definition) is 4. The van der Waals surface area contributed by atoms with Crippen LogP contribution in [-0.4, -0.2) is 32.8 Å². The molecule has 2 atom stereocenters. The van der Waals surface area contributed by atoms with Gasteiger partial charge in [-0.25, -0.2) is 0 Å². The van der Waals surface area contributed by atoms with E-state index in [2.05, 4.69) is 4.74 Å². The number of ether oxygens (including phenoxy) is 2. The molecule has 2 unspecified atom stereocenters. The SMILES string of the molecule is COCC(C)C(N)CC(=O)OC. The van der Waals surface area contributed by atoms with Gasteiger partial charge in [-0.15, -0.1) is 0 Å². The van der Waals surface area contributed by atoms with E-state index in [1.165, 1.54) is 7.11 Å². The highest BCUT2D eigenvalue weighted by molar-refractivity contribution is 5.69. The molecule has 2 N–H and O–H groups in total. The van der Waals surface area contributed by atoms with Crippen LogP contribution in [0.15, 0.2) is 0 Å². The molecule has 0 spiro atoms. The highest BCUT2D eigenvalue weighted by Gasteiger charge is 2.16. The lowest BCUT2D eigenvalue weighted by molar-refractivity contribution is -0.141. The molecule has 0 aliphatic heterocycles. The second-order valence-corrected chi connectivity index (χ2v) is 2.88. The van der Waals surface area contributed by atoms with Crippen LogP contribution in [0.1, 0.15) is 13.3 Å². The molecule has 0 saturated heterocycles. The Hall–Kier alpha value is -0.610. The van der Waals surface area contributed by atoms with Crippen molar-refractivity contribution in [2.24, 2.45) is 11.7 Å². The van der Waals surface area contributed by atoms with Crippen LogP contribution >= 0.6 is 0 Å². The molecule has 72 valence electrons. The lowest BCUT2D eigenvalue weighted by Gasteiger charge is -2.17. The zero-order valence-corrected chi connectivity index (χ0v) is 7.87. The van der Waals surface area contributed by atoms with Crippen LogP contribution in [0.25, 0.3) is 0 Å². The van der Waals surface area contributed by atoms with E-state index in [9.17, 15) is 4.79 Å². The van der Waals surface area contributed by atoms with E-state index in [4.69, 9.17) is 10.5 Å². The Balaban J connectivity index is 3.69. The van der Waals surface area contributed by atoms with Crippen LogP contribution in [0.4, 0.5) is 0 Å². The second kappa shape index (κ2) is 5.97. The van der Waals surface area contributed by atoms with Gasteiger partial charge in [0.05, 0.1) is 20.1 Å². The first-order valence-corrected chi connectivity index (χ1v) is 3.93. The smallest absolute Gasteiger partial charge is 0.307 e. The van der Waals surface area contributed by atoms with Gasteiger partial charge in [-0.1, -0.05) is 6.92 Å². The van der Waals surface area contributed by atoms with E-state index >= 15 is 0 Å². The number of carbonyl (C=O) groups is 1. The number of nitrogens with two attached hydrogens (primary N) is 1. The number of methoxy groups -OCH3 is 2. The third kappa shape index (κ3) is 4.31. The quantitative estimate of drug-likeness (QED) is 0.604. The molecule has 0 aliphatic rings. The van der Waals surface area contributed by atoms with Crippen LogP contribution in [0.3, 0.4) is 0 Å². The zero-order valence-electron chi connectivity index (χ0n) is 7.87. The Labute approximate surface area is 73.0 Å². The monoisotopic (exact) mass is 175 g/mol. The van der Waals surface area contributed by atoms with Crippen molar-refractivity contribution in [1.82, 2.24) is 0 Å². The fourth-order valence-corrected chi connectivity index (χ4v) is 0.863. The van der Waals surface area contributed by atoms with Gasteiger partial charge in [0.25, 0.3) is 0 Å². The normalized spacial score (nSPS) is 15.3. The summed E-state index contributed by atoms with van der Waals surface area (Å²) in [6.07, 6.45) is 0.251. The number of rotatable bonds is 5. The molecule has 0 rings (SSSR count). The van der Waals surface area contributed by atoms with Gasteiger partial charge in [-0.05, 0) is 5.92 Å². The Morgan fingerprint density at radius 3 is 2.50 bits per heavy atom. The zero-order chi connectivity index (χ0) is 9.56. The van der Waals surface area contributed by atoms with Gasteiger partial charge in [-0.2, -0.15) is 0 Å². The largest absolute Gasteiger partial charge is 0.469 e. The minimum Gasteiger partial charge on any atom is -0.469 e. The number of carbonyl (C=O) groups excluding carboxylic acids is 1. The number of esters is 1. The van der Waals surface area contributed by atoms with Crippen LogP contribution in [0.2, 0.25) is 0 Å². The van der Waals surface area contributed by atoms with Crippen molar-refractivity contribution in [1.29, 1.82) is 0 Å². The van der Waals surface area contributed by atoms with Gasteiger partial charge in [0.1, 0.15) is 0 Å². The third-order valence-electron chi connectivity index (χ3n) is 1.79.